The summed E-state index contributed by atoms with van der Waals surface area (Å²) in [6, 6.07) is 3.50. The molecular weight excluding hydrogens is 253 g/mol. The molecule has 4 nitrogen and oxygen atoms in total. The highest BCUT2D eigenvalue weighted by Gasteiger charge is 2.22. The molecule has 0 aromatic heterocycles. The van der Waals surface area contributed by atoms with Crippen LogP contribution in [0.2, 0.25) is 10.0 Å². The van der Waals surface area contributed by atoms with E-state index in [1.807, 2.05) is 0 Å². The summed E-state index contributed by atoms with van der Waals surface area (Å²) in [5.41, 5.74) is 0.277. The Hall–Kier alpha value is -1.26. The first-order valence-electron chi connectivity index (χ1n) is 4.39. The van der Waals surface area contributed by atoms with Crippen molar-refractivity contribution >= 4 is 41.3 Å². The lowest BCUT2D eigenvalue weighted by Gasteiger charge is -2.22. The van der Waals surface area contributed by atoms with Gasteiger partial charge in [-0.15, -0.1) is 0 Å². The van der Waals surface area contributed by atoms with Crippen molar-refractivity contribution in [2.24, 2.45) is 0 Å². The van der Waals surface area contributed by atoms with Gasteiger partial charge in [0.25, 0.3) is 0 Å². The number of hydrogen-bond donors (Lipinski definition) is 1. The van der Waals surface area contributed by atoms with Crippen molar-refractivity contribution in [1.82, 2.24) is 0 Å². The largest absolute Gasteiger partial charge is 0.480 e. The summed E-state index contributed by atoms with van der Waals surface area (Å²) in [5.74, 6) is -1.12. The molecule has 1 atom stereocenters. The molecule has 0 aliphatic heterocycles. The quantitative estimate of drug-likeness (QED) is 0.848. The molecule has 0 heterocycles. The topological polar surface area (TPSA) is 57.6 Å². The van der Waals surface area contributed by atoms with E-state index in [1.165, 1.54) is 19.1 Å². The molecule has 1 amide bonds. The van der Waals surface area contributed by atoms with Crippen molar-refractivity contribution < 1.29 is 14.7 Å². The van der Waals surface area contributed by atoms with Crippen molar-refractivity contribution in [2.45, 2.75) is 13.0 Å². The van der Waals surface area contributed by atoms with Gasteiger partial charge in [0.1, 0.15) is 6.04 Å². The third-order valence-corrected chi connectivity index (χ3v) is 2.63. The van der Waals surface area contributed by atoms with Crippen LogP contribution in [0.1, 0.15) is 6.92 Å². The Kier molecular flexibility index (Phi) is 4.15. The highest BCUT2D eigenvalue weighted by atomic mass is 35.5. The lowest BCUT2D eigenvalue weighted by molar-refractivity contribution is -0.138. The number of carbonyl (C=O) groups is 2. The number of rotatable bonds is 4. The van der Waals surface area contributed by atoms with Crippen molar-refractivity contribution in [1.29, 1.82) is 0 Å². The zero-order chi connectivity index (χ0) is 12.3. The van der Waals surface area contributed by atoms with Gasteiger partial charge in [-0.25, -0.2) is 4.79 Å². The van der Waals surface area contributed by atoms with E-state index >= 15 is 0 Å². The molecule has 1 aromatic rings. The molecule has 86 valence electrons. The number of hydrogen-bond acceptors (Lipinski definition) is 2. The van der Waals surface area contributed by atoms with Gasteiger partial charge in [0.05, 0.1) is 10.7 Å². The molecule has 1 N–H and O–H groups in total. The fourth-order valence-electron chi connectivity index (χ4n) is 1.16. The third-order valence-electron chi connectivity index (χ3n) is 2.07. The molecule has 0 fully saturated rings. The minimum Gasteiger partial charge on any atom is -0.480 e. The average Bonchev–Trinajstić information content (AvgIpc) is 2.23. The number of anilines is 1. The van der Waals surface area contributed by atoms with Crippen molar-refractivity contribution in [2.75, 3.05) is 4.90 Å². The summed E-state index contributed by atoms with van der Waals surface area (Å²) >= 11 is 11.6. The number of aliphatic carboxylic acids is 1. The number of amides is 1. The van der Waals surface area contributed by atoms with E-state index in [-0.39, 0.29) is 10.7 Å². The predicted octanol–water partition coefficient (Wildman–Crippen LogP) is 2.43. The first-order valence-corrected chi connectivity index (χ1v) is 5.14. The van der Waals surface area contributed by atoms with Gasteiger partial charge in [0.2, 0.25) is 6.41 Å². The van der Waals surface area contributed by atoms with E-state index in [9.17, 15) is 9.59 Å². The van der Waals surface area contributed by atoms with Crippen LogP contribution < -0.4 is 4.90 Å². The Labute approximate surface area is 102 Å². The second-order valence-corrected chi connectivity index (χ2v) is 3.97. The van der Waals surface area contributed by atoms with Crippen LogP contribution in [0.25, 0.3) is 0 Å². The van der Waals surface area contributed by atoms with Crippen LogP contribution in [-0.2, 0) is 9.59 Å². The van der Waals surface area contributed by atoms with E-state index in [1.54, 1.807) is 6.07 Å². The first kappa shape index (κ1) is 12.8. The smallest absolute Gasteiger partial charge is 0.326 e. The monoisotopic (exact) mass is 261 g/mol. The van der Waals surface area contributed by atoms with Gasteiger partial charge in [-0.1, -0.05) is 23.2 Å². The van der Waals surface area contributed by atoms with Crippen molar-refractivity contribution in [3.8, 4) is 0 Å². The SMILES string of the molecule is CC(C(=O)O)N(C=O)c1cc(Cl)ccc1Cl. The maximum absolute atomic E-state index is 10.9. The van der Waals surface area contributed by atoms with Crippen LogP contribution in [0.4, 0.5) is 5.69 Å². The zero-order valence-electron chi connectivity index (χ0n) is 8.35. The predicted molar refractivity (Wildman–Crippen MR) is 62.1 cm³/mol. The third kappa shape index (κ3) is 2.65. The first-order chi connectivity index (χ1) is 7.47. The van der Waals surface area contributed by atoms with Crippen LogP contribution in [0.3, 0.4) is 0 Å². The van der Waals surface area contributed by atoms with Crippen LogP contribution >= 0.6 is 23.2 Å². The lowest BCUT2D eigenvalue weighted by atomic mass is 10.2. The van der Waals surface area contributed by atoms with Crippen LogP contribution in [0.5, 0.6) is 0 Å². The minimum absolute atomic E-state index is 0.268. The molecule has 0 saturated heterocycles. The molecule has 0 aliphatic rings. The van der Waals surface area contributed by atoms with Crippen molar-refractivity contribution in [3.63, 3.8) is 0 Å². The molecule has 1 rings (SSSR count). The van der Waals surface area contributed by atoms with E-state index < -0.39 is 12.0 Å². The fourth-order valence-corrected chi connectivity index (χ4v) is 1.54. The van der Waals surface area contributed by atoms with E-state index in [2.05, 4.69) is 0 Å². The van der Waals surface area contributed by atoms with Gasteiger partial charge >= 0.3 is 5.97 Å². The van der Waals surface area contributed by atoms with Crippen LogP contribution in [0.15, 0.2) is 18.2 Å². The lowest BCUT2D eigenvalue weighted by Crippen LogP contribution is -2.38. The minimum atomic E-state index is -1.12. The zero-order valence-corrected chi connectivity index (χ0v) is 9.87. The summed E-state index contributed by atoms with van der Waals surface area (Å²) in [6.45, 7) is 1.38. The molecule has 6 heteroatoms. The van der Waals surface area contributed by atoms with Crippen molar-refractivity contribution in [3.05, 3.63) is 28.2 Å². The summed E-state index contributed by atoms with van der Waals surface area (Å²) in [6.07, 6.45) is 0.413. The molecule has 1 unspecified atom stereocenters. The summed E-state index contributed by atoms with van der Waals surface area (Å²) in [7, 11) is 0. The van der Waals surface area contributed by atoms with E-state index in [4.69, 9.17) is 28.3 Å². The number of carboxylic acid groups (broad SMARTS) is 1. The average molecular weight is 262 g/mol. The number of nitrogens with zero attached hydrogens (tertiary/aromatic N) is 1. The highest BCUT2D eigenvalue weighted by molar-refractivity contribution is 6.35. The van der Waals surface area contributed by atoms with Crippen LogP contribution in [-0.4, -0.2) is 23.5 Å². The normalized spacial score (nSPS) is 11.9. The number of benzene rings is 1. The molecular formula is C10H9Cl2NO3. The molecule has 16 heavy (non-hydrogen) atoms. The molecule has 1 aromatic carbocycles. The van der Waals surface area contributed by atoms with Gasteiger partial charge in [-0.2, -0.15) is 0 Å². The molecule has 0 aliphatic carbocycles. The second-order valence-electron chi connectivity index (χ2n) is 3.12. The second kappa shape index (κ2) is 5.18. The molecule has 0 saturated carbocycles. The molecule has 0 spiro atoms. The maximum Gasteiger partial charge on any atom is 0.326 e. The Bertz CT molecular complexity index is 423. The number of carboxylic acids is 1. The molecule has 0 radical (unpaired) electrons. The maximum atomic E-state index is 10.9. The van der Waals surface area contributed by atoms with E-state index in [0.717, 1.165) is 4.90 Å². The van der Waals surface area contributed by atoms with Gasteiger partial charge in [-0.05, 0) is 25.1 Å². The van der Waals surface area contributed by atoms with Gasteiger partial charge in [-0.3, -0.25) is 9.69 Å². The number of halogens is 2. The highest BCUT2D eigenvalue weighted by Crippen LogP contribution is 2.29. The van der Waals surface area contributed by atoms with Gasteiger partial charge < -0.3 is 5.11 Å². The Morgan fingerprint density at radius 1 is 1.50 bits per heavy atom. The number of carbonyl (C=O) groups excluding carboxylic acids is 1. The van der Waals surface area contributed by atoms with Gasteiger partial charge in [0, 0.05) is 5.02 Å². The van der Waals surface area contributed by atoms with Crippen LogP contribution in [0, 0.1) is 0 Å². The van der Waals surface area contributed by atoms with Gasteiger partial charge in [0.15, 0.2) is 0 Å². The Morgan fingerprint density at radius 2 is 2.12 bits per heavy atom. The van der Waals surface area contributed by atoms with E-state index in [0.29, 0.717) is 11.4 Å². The Balaban J connectivity index is 3.17. The molecule has 0 bridgehead atoms. The standard InChI is InChI=1S/C10H9Cl2NO3/c1-6(10(15)16)13(5-14)9-4-7(11)2-3-8(9)12/h2-6H,1H3,(H,15,16). The Morgan fingerprint density at radius 3 is 2.62 bits per heavy atom. The summed E-state index contributed by atoms with van der Waals surface area (Å²) < 4.78 is 0. The summed E-state index contributed by atoms with van der Waals surface area (Å²) in [5, 5.41) is 9.48. The fraction of sp³-hybridized carbons (Fsp3) is 0.200. The summed E-state index contributed by atoms with van der Waals surface area (Å²) in [4.78, 5) is 22.7.